The fraction of sp³-hybridized carbons (Fsp3) is 0.800. The van der Waals surface area contributed by atoms with E-state index < -0.39 is 0 Å². The van der Waals surface area contributed by atoms with Gasteiger partial charge in [-0.05, 0) is 52.8 Å². The monoisotopic (exact) mass is 265 g/mol. The van der Waals surface area contributed by atoms with Crippen molar-refractivity contribution < 1.29 is 5.11 Å². The average Bonchev–Trinajstić information content (AvgIpc) is 2.69. The summed E-state index contributed by atoms with van der Waals surface area (Å²) in [7, 11) is 1.95. The molecule has 1 atom stereocenters. The zero-order valence-corrected chi connectivity index (χ0v) is 12.7. The lowest BCUT2D eigenvalue weighted by Gasteiger charge is -2.44. The lowest BCUT2D eigenvalue weighted by molar-refractivity contribution is -0.0194. The van der Waals surface area contributed by atoms with Crippen LogP contribution in [0.15, 0.2) is 6.07 Å². The minimum absolute atomic E-state index is 0.168. The molecule has 1 N–H and O–H groups in total. The van der Waals surface area contributed by atoms with Crippen LogP contribution < -0.4 is 0 Å². The number of aryl methyl sites for hydroxylation is 2. The van der Waals surface area contributed by atoms with Crippen LogP contribution in [-0.2, 0) is 13.5 Å². The number of aliphatic hydroxyl groups is 1. The van der Waals surface area contributed by atoms with E-state index in [0.717, 1.165) is 24.5 Å². The third-order valence-corrected chi connectivity index (χ3v) is 4.49. The van der Waals surface area contributed by atoms with E-state index in [1.165, 1.54) is 19.3 Å². The summed E-state index contributed by atoms with van der Waals surface area (Å²) in [6, 6.07) is 2.06. The van der Waals surface area contributed by atoms with Crippen molar-refractivity contribution in [2.24, 2.45) is 7.05 Å². The molecule has 19 heavy (non-hydrogen) atoms. The summed E-state index contributed by atoms with van der Waals surface area (Å²) in [4.78, 5) is 2.43. The van der Waals surface area contributed by atoms with E-state index in [-0.39, 0.29) is 11.6 Å². The van der Waals surface area contributed by atoms with E-state index in [4.69, 9.17) is 0 Å². The summed E-state index contributed by atoms with van der Waals surface area (Å²) in [6.07, 6.45) is 4.13. The molecule has 108 valence electrons. The van der Waals surface area contributed by atoms with Crippen molar-refractivity contribution in [3.05, 3.63) is 17.5 Å². The number of aliphatic hydroxyl groups excluding tert-OH is 1. The first kappa shape index (κ1) is 14.5. The van der Waals surface area contributed by atoms with Crippen molar-refractivity contribution in [1.29, 1.82) is 0 Å². The van der Waals surface area contributed by atoms with Crippen molar-refractivity contribution in [1.82, 2.24) is 14.7 Å². The fourth-order valence-corrected chi connectivity index (χ4v) is 2.98. The standard InChI is InChI=1S/C15H27N3O/c1-12-10-13(17(4)16-12)11-14(19)15(2,3)18-8-6-5-7-9-18/h10,14,19H,5-9,11H2,1-4H3. The van der Waals surface area contributed by atoms with Crippen LogP contribution in [0.4, 0.5) is 0 Å². The molecule has 0 aromatic carbocycles. The molecule has 1 aliphatic rings. The SMILES string of the molecule is Cc1cc(CC(O)C(C)(C)N2CCCCC2)n(C)n1. The van der Waals surface area contributed by atoms with Gasteiger partial charge in [-0.25, -0.2) is 0 Å². The predicted octanol–water partition coefficient (Wildman–Crippen LogP) is 1.90. The van der Waals surface area contributed by atoms with Crippen LogP contribution >= 0.6 is 0 Å². The molecule has 0 saturated carbocycles. The van der Waals surface area contributed by atoms with Crippen LogP contribution in [0.1, 0.15) is 44.5 Å². The van der Waals surface area contributed by atoms with Gasteiger partial charge in [0.15, 0.2) is 0 Å². The van der Waals surface area contributed by atoms with Gasteiger partial charge in [0.2, 0.25) is 0 Å². The van der Waals surface area contributed by atoms with E-state index in [1.54, 1.807) is 0 Å². The molecule has 0 radical (unpaired) electrons. The number of hydrogen-bond acceptors (Lipinski definition) is 3. The number of hydrogen-bond donors (Lipinski definition) is 1. The molecule has 0 amide bonds. The van der Waals surface area contributed by atoms with Crippen LogP contribution in [0.25, 0.3) is 0 Å². The third-order valence-electron chi connectivity index (χ3n) is 4.49. The average molecular weight is 265 g/mol. The van der Waals surface area contributed by atoms with Crippen molar-refractivity contribution in [3.63, 3.8) is 0 Å². The minimum atomic E-state index is -0.361. The highest BCUT2D eigenvalue weighted by molar-refractivity contribution is 5.11. The molecule has 2 heterocycles. The Bertz CT molecular complexity index is 419. The molecule has 1 fully saturated rings. The first-order valence-corrected chi connectivity index (χ1v) is 7.34. The van der Waals surface area contributed by atoms with E-state index in [9.17, 15) is 5.11 Å². The van der Waals surface area contributed by atoms with Gasteiger partial charge >= 0.3 is 0 Å². The van der Waals surface area contributed by atoms with E-state index >= 15 is 0 Å². The second-order valence-corrected chi connectivity index (χ2v) is 6.32. The predicted molar refractivity (Wildman–Crippen MR) is 77.2 cm³/mol. The van der Waals surface area contributed by atoms with Crippen molar-refractivity contribution in [2.45, 2.75) is 58.1 Å². The Morgan fingerprint density at radius 3 is 2.47 bits per heavy atom. The van der Waals surface area contributed by atoms with Crippen LogP contribution in [0.5, 0.6) is 0 Å². The number of likely N-dealkylation sites (tertiary alicyclic amines) is 1. The highest BCUT2D eigenvalue weighted by Gasteiger charge is 2.35. The molecule has 1 aromatic rings. The molecule has 0 bridgehead atoms. The second-order valence-electron chi connectivity index (χ2n) is 6.32. The highest BCUT2D eigenvalue weighted by atomic mass is 16.3. The van der Waals surface area contributed by atoms with Crippen LogP contribution in [-0.4, -0.2) is 44.5 Å². The third kappa shape index (κ3) is 3.18. The van der Waals surface area contributed by atoms with Crippen molar-refractivity contribution >= 4 is 0 Å². The molecular formula is C15H27N3O. The van der Waals surface area contributed by atoms with E-state index in [2.05, 4.69) is 29.9 Å². The Morgan fingerprint density at radius 1 is 1.32 bits per heavy atom. The molecule has 4 heteroatoms. The fourth-order valence-electron chi connectivity index (χ4n) is 2.98. The lowest BCUT2D eigenvalue weighted by Crippen LogP contribution is -2.54. The molecule has 1 unspecified atom stereocenters. The van der Waals surface area contributed by atoms with Crippen LogP contribution in [0.2, 0.25) is 0 Å². The summed E-state index contributed by atoms with van der Waals surface area (Å²) < 4.78 is 1.88. The molecule has 0 spiro atoms. The summed E-state index contributed by atoms with van der Waals surface area (Å²) in [5.74, 6) is 0. The number of piperidine rings is 1. The minimum Gasteiger partial charge on any atom is -0.391 e. The van der Waals surface area contributed by atoms with E-state index in [1.807, 2.05) is 18.7 Å². The smallest absolute Gasteiger partial charge is 0.0773 e. The maximum Gasteiger partial charge on any atom is 0.0773 e. The lowest BCUT2D eigenvalue weighted by atomic mass is 9.89. The Labute approximate surface area is 116 Å². The van der Waals surface area contributed by atoms with Crippen LogP contribution in [0.3, 0.4) is 0 Å². The molecule has 1 aliphatic heterocycles. The van der Waals surface area contributed by atoms with Crippen molar-refractivity contribution in [3.8, 4) is 0 Å². The Balaban J connectivity index is 2.05. The largest absolute Gasteiger partial charge is 0.391 e. The van der Waals surface area contributed by atoms with Gasteiger partial charge in [0.05, 0.1) is 11.8 Å². The molecule has 0 aliphatic carbocycles. The number of rotatable bonds is 4. The zero-order valence-electron chi connectivity index (χ0n) is 12.7. The molecular weight excluding hydrogens is 238 g/mol. The summed E-state index contributed by atoms with van der Waals surface area (Å²) in [5.41, 5.74) is 1.95. The summed E-state index contributed by atoms with van der Waals surface area (Å²) in [5, 5.41) is 15.0. The first-order chi connectivity index (χ1) is 8.91. The van der Waals surface area contributed by atoms with Gasteiger partial charge in [0.25, 0.3) is 0 Å². The normalized spacial score (nSPS) is 19.6. The van der Waals surface area contributed by atoms with Gasteiger partial charge in [0.1, 0.15) is 0 Å². The van der Waals surface area contributed by atoms with Crippen molar-refractivity contribution in [2.75, 3.05) is 13.1 Å². The molecule has 1 saturated heterocycles. The molecule has 1 aromatic heterocycles. The van der Waals surface area contributed by atoms with E-state index in [0.29, 0.717) is 6.42 Å². The van der Waals surface area contributed by atoms with Gasteiger partial charge in [-0.3, -0.25) is 9.58 Å². The van der Waals surface area contributed by atoms with Gasteiger partial charge in [-0.1, -0.05) is 6.42 Å². The summed E-state index contributed by atoms with van der Waals surface area (Å²) >= 11 is 0. The van der Waals surface area contributed by atoms with Gasteiger partial charge < -0.3 is 5.11 Å². The number of aromatic nitrogens is 2. The number of nitrogens with zero attached hydrogens (tertiary/aromatic N) is 3. The second kappa shape index (κ2) is 5.63. The zero-order chi connectivity index (χ0) is 14.0. The quantitative estimate of drug-likeness (QED) is 0.904. The molecule has 4 nitrogen and oxygen atoms in total. The Hall–Kier alpha value is -0.870. The Morgan fingerprint density at radius 2 is 1.95 bits per heavy atom. The highest BCUT2D eigenvalue weighted by Crippen LogP contribution is 2.25. The maximum absolute atomic E-state index is 10.6. The molecule has 2 rings (SSSR count). The summed E-state index contributed by atoms with van der Waals surface area (Å²) in [6.45, 7) is 8.52. The topological polar surface area (TPSA) is 41.3 Å². The van der Waals surface area contributed by atoms with Gasteiger partial charge in [-0.2, -0.15) is 5.10 Å². The van der Waals surface area contributed by atoms with Gasteiger partial charge in [0, 0.05) is 24.7 Å². The Kier molecular flexibility index (Phi) is 4.31. The first-order valence-electron chi connectivity index (χ1n) is 7.34. The maximum atomic E-state index is 10.6. The van der Waals surface area contributed by atoms with Crippen LogP contribution in [0, 0.1) is 6.92 Å². The van der Waals surface area contributed by atoms with Gasteiger partial charge in [-0.15, -0.1) is 0 Å².